The van der Waals surface area contributed by atoms with Gasteiger partial charge in [-0.05, 0) is 26.0 Å². The average Bonchev–Trinajstić information content (AvgIpc) is 3.43. The van der Waals surface area contributed by atoms with E-state index in [4.69, 9.17) is 21.1 Å². The number of nitrogens with zero attached hydrogens (tertiary/aromatic N) is 7. The molecule has 0 amide bonds. The smallest absolute Gasteiger partial charge is 0.160 e. The number of rotatable bonds is 7. The minimum Gasteiger partial charge on any atom is -0.488 e. The van der Waals surface area contributed by atoms with Gasteiger partial charge in [-0.3, -0.25) is 0 Å². The number of methoxy groups -OCH3 is 1. The van der Waals surface area contributed by atoms with Gasteiger partial charge in [0.05, 0.1) is 35.3 Å². The molecule has 5 heterocycles. The third-order valence-corrected chi connectivity index (χ3v) is 6.30. The van der Waals surface area contributed by atoms with E-state index in [2.05, 4.69) is 30.7 Å². The van der Waals surface area contributed by atoms with Crippen molar-refractivity contribution in [3.05, 3.63) is 53.2 Å². The molecule has 0 aromatic carbocycles. The molecule has 4 aromatic heterocycles. The number of nitrogens with one attached hydrogen (secondary N) is 1. The van der Waals surface area contributed by atoms with Crippen molar-refractivity contribution in [2.24, 2.45) is 0 Å². The number of aromatic nitrogens is 7. The van der Waals surface area contributed by atoms with Gasteiger partial charge < -0.3 is 14.8 Å². The lowest BCUT2D eigenvalue weighted by molar-refractivity contribution is 0.0515. The number of halogens is 3. The molecule has 0 spiro atoms. The maximum absolute atomic E-state index is 14.5. The first-order chi connectivity index (χ1) is 17.0. The van der Waals surface area contributed by atoms with Gasteiger partial charge >= 0.3 is 0 Å². The second-order valence-corrected chi connectivity index (χ2v) is 8.62. The summed E-state index contributed by atoms with van der Waals surface area (Å²) in [4.78, 5) is 7.94. The van der Waals surface area contributed by atoms with Gasteiger partial charge in [-0.25, -0.2) is 27.9 Å². The molecule has 1 aliphatic heterocycles. The highest BCUT2D eigenvalue weighted by Gasteiger charge is 2.29. The summed E-state index contributed by atoms with van der Waals surface area (Å²) >= 11 is 6.37. The van der Waals surface area contributed by atoms with Gasteiger partial charge in [0, 0.05) is 25.4 Å². The van der Waals surface area contributed by atoms with E-state index in [-0.39, 0.29) is 25.0 Å². The molecule has 0 aliphatic carbocycles. The minimum absolute atomic E-state index is 0.0348. The van der Waals surface area contributed by atoms with Gasteiger partial charge in [-0.2, -0.15) is 5.10 Å². The predicted octanol–water partition coefficient (Wildman–Crippen LogP) is 3.12. The van der Waals surface area contributed by atoms with Gasteiger partial charge in [-0.15, -0.1) is 5.10 Å². The van der Waals surface area contributed by atoms with Crippen LogP contribution >= 0.6 is 11.6 Å². The molecule has 3 atom stereocenters. The normalized spacial score (nSPS) is 19.2. The van der Waals surface area contributed by atoms with Crippen molar-refractivity contribution >= 4 is 17.1 Å². The van der Waals surface area contributed by atoms with E-state index in [0.29, 0.717) is 40.5 Å². The predicted molar refractivity (Wildman–Crippen MR) is 123 cm³/mol. The summed E-state index contributed by atoms with van der Waals surface area (Å²) < 4.78 is 42.5. The quantitative estimate of drug-likeness (QED) is 0.409. The molecule has 1 aliphatic rings. The highest BCUT2D eigenvalue weighted by atomic mass is 35.5. The molecular weight excluding hydrogens is 482 g/mol. The largest absolute Gasteiger partial charge is 0.488 e. The molecule has 1 saturated heterocycles. The Morgan fingerprint density at radius 3 is 2.83 bits per heavy atom. The topological polar surface area (TPSA) is 104 Å². The highest BCUT2D eigenvalue weighted by molar-refractivity contribution is 6.34. The number of piperidine rings is 1. The first kappa shape index (κ1) is 23.5. The first-order valence-corrected chi connectivity index (χ1v) is 11.4. The van der Waals surface area contributed by atoms with E-state index in [1.807, 2.05) is 6.92 Å². The van der Waals surface area contributed by atoms with Crippen LogP contribution in [0, 0.1) is 12.7 Å². The lowest BCUT2D eigenvalue weighted by atomic mass is 10.0. The molecule has 1 N–H and O–H groups in total. The molecule has 10 nitrogen and oxygen atoms in total. The summed E-state index contributed by atoms with van der Waals surface area (Å²) in [5.74, 6) is 0.160. The van der Waals surface area contributed by atoms with Crippen LogP contribution in [0.25, 0.3) is 16.8 Å². The number of alkyl halides is 1. The summed E-state index contributed by atoms with van der Waals surface area (Å²) in [6.07, 6.45) is 4.33. The second-order valence-electron chi connectivity index (χ2n) is 8.22. The van der Waals surface area contributed by atoms with Crippen LogP contribution in [-0.2, 0) is 4.74 Å². The van der Waals surface area contributed by atoms with Crippen LogP contribution in [0.2, 0.25) is 5.02 Å². The Hall–Kier alpha value is -3.22. The Labute approximate surface area is 204 Å². The highest BCUT2D eigenvalue weighted by Crippen LogP contribution is 2.34. The van der Waals surface area contributed by atoms with Crippen LogP contribution in [0.5, 0.6) is 5.75 Å². The van der Waals surface area contributed by atoms with Gasteiger partial charge in [0.1, 0.15) is 29.7 Å². The third kappa shape index (κ3) is 4.56. The van der Waals surface area contributed by atoms with Crippen molar-refractivity contribution < 1.29 is 18.3 Å². The molecular formula is C22H23ClF2N8O2. The fourth-order valence-electron chi connectivity index (χ4n) is 4.19. The van der Waals surface area contributed by atoms with Crippen molar-refractivity contribution in [1.82, 2.24) is 39.9 Å². The van der Waals surface area contributed by atoms with Crippen molar-refractivity contribution in [1.29, 1.82) is 0 Å². The van der Waals surface area contributed by atoms with Crippen LogP contribution in [0.4, 0.5) is 8.78 Å². The Bertz CT molecular complexity index is 1330. The van der Waals surface area contributed by atoms with E-state index in [9.17, 15) is 8.78 Å². The summed E-state index contributed by atoms with van der Waals surface area (Å²) in [5, 5.41) is 16.3. The summed E-state index contributed by atoms with van der Waals surface area (Å²) in [6.45, 7) is 2.89. The molecule has 13 heteroatoms. The number of pyridine rings is 1. The maximum atomic E-state index is 14.5. The van der Waals surface area contributed by atoms with Crippen LogP contribution in [0.15, 0.2) is 30.9 Å². The van der Waals surface area contributed by atoms with Crippen LogP contribution in [0.3, 0.4) is 0 Å². The Morgan fingerprint density at radius 2 is 2.09 bits per heavy atom. The summed E-state index contributed by atoms with van der Waals surface area (Å²) in [7, 11) is 1.49. The van der Waals surface area contributed by atoms with E-state index >= 15 is 0 Å². The molecule has 0 radical (unpaired) electrons. The van der Waals surface area contributed by atoms with Crippen LogP contribution < -0.4 is 10.1 Å². The average molecular weight is 505 g/mol. The second kappa shape index (κ2) is 9.80. The fourth-order valence-corrected chi connectivity index (χ4v) is 4.42. The summed E-state index contributed by atoms with van der Waals surface area (Å²) in [5.41, 5.74) is 2.54. The van der Waals surface area contributed by atoms with Crippen molar-refractivity contribution in [3.8, 4) is 17.0 Å². The number of hydrogen-bond donors (Lipinski definition) is 1. The zero-order valence-corrected chi connectivity index (χ0v) is 19.8. The van der Waals surface area contributed by atoms with Crippen molar-refractivity contribution in [2.75, 3.05) is 26.8 Å². The Morgan fingerprint density at radius 1 is 1.29 bits per heavy atom. The summed E-state index contributed by atoms with van der Waals surface area (Å²) in [6, 6.07) is 1.40. The number of ether oxygens (including phenoxy) is 2. The van der Waals surface area contributed by atoms with Crippen LogP contribution in [-0.4, -0.2) is 67.6 Å². The standard InChI is InChI=1S/C22H23ClF2N8O2/c1-12-20(30-31-33(12)17-3-4-26-9-16(17)25)13-5-18(21-15(23)8-29-32(21)10-13)35-11-19(34-2)22-27-6-14(24)7-28-22/h5-8,10,16-17,19,26H,3-4,9,11H2,1-2H3/t16-,17+,19?/m0/s1. The molecule has 5 rings (SSSR count). The van der Waals surface area contributed by atoms with Gasteiger partial charge in [0.25, 0.3) is 0 Å². The zero-order chi connectivity index (χ0) is 24.5. The fraction of sp³-hybridized carbons (Fsp3) is 0.409. The van der Waals surface area contributed by atoms with E-state index < -0.39 is 18.1 Å². The SMILES string of the molecule is COC(COc1cc(-c2nnn([C@@H]3CCNC[C@@H]3F)c2C)cn2ncc(Cl)c12)c1ncc(F)cn1. The molecule has 35 heavy (non-hydrogen) atoms. The maximum Gasteiger partial charge on any atom is 0.160 e. The Kier molecular flexibility index (Phi) is 6.58. The lowest BCUT2D eigenvalue weighted by Gasteiger charge is -2.27. The molecule has 1 fully saturated rings. The molecule has 4 aromatic rings. The van der Waals surface area contributed by atoms with Gasteiger partial charge in [0.15, 0.2) is 17.7 Å². The van der Waals surface area contributed by atoms with Gasteiger partial charge in [-0.1, -0.05) is 16.8 Å². The molecule has 0 saturated carbocycles. The van der Waals surface area contributed by atoms with Gasteiger partial charge in [0.2, 0.25) is 0 Å². The minimum atomic E-state index is -1.05. The van der Waals surface area contributed by atoms with E-state index in [0.717, 1.165) is 18.1 Å². The molecule has 0 bridgehead atoms. The van der Waals surface area contributed by atoms with E-state index in [1.54, 1.807) is 21.5 Å². The number of fused-ring (bicyclic) bond motifs is 1. The van der Waals surface area contributed by atoms with Crippen molar-refractivity contribution in [2.45, 2.75) is 31.7 Å². The lowest BCUT2D eigenvalue weighted by Crippen LogP contribution is -2.39. The Balaban J connectivity index is 1.47. The van der Waals surface area contributed by atoms with Crippen LogP contribution in [0.1, 0.15) is 30.1 Å². The molecule has 1 unspecified atom stereocenters. The zero-order valence-electron chi connectivity index (χ0n) is 19.0. The number of hydrogen-bond acceptors (Lipinski definition) is 8. The third-order valence-electron chi connectivity index (χ3n) is 6.02. The monoisotopic (exact) mass is 504 g/mol. The first-order valence-electron chi connectivity index (χ1n) is 11.0. The molecule has 184 valence electrons. The van der Waals surface area contributed by atoms with E-state index in [1.165, 1.54) is 13.3 Å². The van der Waals surface area contributed by atoms with Crippen molar-refractivity contribution in [3.63, 3.8) is 0 Å².